The van der Waals surface area contributed by atoms with E-state index in [2.05, 4.69) is 17.1 Å². The Labute approximate surface area is 203 Å². The quantitative estimate of drug-likeness (QED) is 0.383. The van der Waals surface area contributed by atoms with Gasteiger partial charge in [-0.05, 0) is 50.1 Å². The summed E-state index contributed by atoms with van der Waals surface area (Å²) >= 11 is 19.0. The number of benzene rings is 2. The van der Waals surface area contributed by atoms with Crippen molar-refractivity contribution in [3.05, 3.63) is 68.8 Å². The van der Waals surface area contributed by atoms with Crippen molar-refractivity contribution in [2.45, 2.75) is 25.8 Å². The largest absolute Gasteiger partial charge is 0.352 e. The van der Waals surface area contributed by atoms with Gasteiger partial charge < -0.3 is 10.2 Å². The van der Waals surface area contributed by atoms with Crippen molar-refractivity contribution in [1.29, 1.82) is 0 Å². The Hall–Kier alpha value is -2.05. The normalized spacial score (nSPS) is 17.1. The maximum absolute atomic E-state index is 6.62. The summed E-state index contributed by atoms with van der Waals surface area (Å²) < 4.78 is 1.91. The molecule has 5 rings (SSSR count). The number of hydrogen-bond donors (Lipinski definition) is 1. The molecule has 1 saturated carbocycles. The van der Waals surface area contributed by atoms with Crippen molar-refractivity contribution >= 4 is 40.6 Å². The van der Waals surface area contributed by atoms with E-state index in [0.29, 0.717) is 21.1 Å². The molecule has 0 radical (unpaired) electrons. The SMILES string of the molecule is Cc1c(C(=NC2CC2)N2CCNCC2)nn(-c2ccc(Cl)cc2Cl)c1-c1ccc(Cl)cc1. The first-order valence-corrected chi connectivity index (χ1v) is 12.0. The molecular weight excluding hydrogens is 465 g/mol. The van der Waals surface area contributed by atoms with E-state index >= 15 is 0 Å². The average Bonchev–Trinajstić information content (AvgIpc) is 3.55. The highest BCUT2D eigenvalue weighted by atomic mass is 35.5. The van der Waals surface area contributed by atoms with Gasteiger partial charge in [0.15, 0.2) is 5.84 Å². The van der Waals surface area contributed by atoms with Gasteiger partial charge in [-0.3, -0.25) is 4.99 Å². The van der Waals surface area contributed by atoms with Crippen molar-refractivity contribution < 1.29 is 0 Å². The van der Waals surface area contributed by atoms with Crippen molar-refractivity contribution in [1.82, 2.24) is 20.0 Å². The monoisotopic (exact) mass is 487 g/mol. The van der Waals surface area contributed by atoms with Crippen LogP contribution in [0.4, 0.5) is 0 Å². The first-order valence-electron chi connectivity index (χ1n) is 10.9. The van der Waals surface area contributed by atoms with Crippen LogP contribution in [0.1, 0.15) is 24.1 Å². The van der Waals surface area contributed by atoms with Gasteiger partial charge in [0, 0.05) is 47.4 Å². The lowest BCUT2D eigenvalue weighted by Crippen LogP contribution is -2.47. The molecule has 8 heteroatoms. The van der Waals surface area contributed by atoms with Crippen LogP contribution in [0, 0.1) is 6.92 Å². The number of nitrogens with one attached hydrogen (secondary N) is 1. The third-order valence-electron chi connectivity index (χ3n) is 5.86. The van der Waals surface area contributed by atoms with Crippen LogP contribution in [0.25, 0.3) is 16.9 Å². The molecule has 0 bridgehead atoms. The molecule has 2 heterocycles. The Bertz CT molecular complexity index is 1160. The predicted octanol–water partition coefficient (Wildman–Crippen LogP) is 5.62. The first kappa shape index (κ1) is 21.8. The molecule has 166 valence electrons. The van der Waals surface area contributed by atoms with Crippen molar-refractivity contribution in [3.63, 3.8) is 0 Å². The minimum absolute atomic E-state index is 0.391. The molecule has 2 aromatic carbocycles. The Kier molecular flexibility index (Phi) is 6.17. The van der Waals surface area contributed by atoms with Crippen LogP contribution >= 0.6 is 34.8 Å². The van der Waals surface area contributed by atoms with Gasteiger partial charge in [-0.2, -0.15) is 5.10 Å². The van der Waals surface area contributed by atoms with Gasteiger partial charge in [0.05, 0.1) is 22.4 Å². The number of rotatable bonds is 4. The van der Waals surface area contributed by atoms with Crippen LogP contribution in [0.3, 0.4) is 0 Å². The van der Waals surface area contributed by atoms with Crippen LogP contribution in [0.2, 0.25) is 15.1 Å². The van der Waals surface area contributed by atoms with Gasteiger partial charge in [-0.15, -0.1) is 0 Å². The zero-order valence-corrected chi connectivity index (χ0v) is 20.1. The Morgan fingerprint density at radius 2 is 1.69 bits per heavy atom. The summed E-state index contributed by atoms with van der Waals surface area (Å²) in [6.45, 7) is 5.82. The zero-order chi connectivity index (χ0) is 22.2. The van der Waals surface area contributed by atoms with Crippen LogP contribution in [0.5, 0.6) is 0 Å². The molecule has 32 heavy (non-hydrogen) atoms. The van der Waals surface area contributed by atoms with Crippen molar-refractivity contribution in [3.8, 4) is 16.9 Å². The maximum atomic E-state index is 6.62. The number of amidine groups is 1. The van der Waals surface area contributed by atoms with E-state index in [-0.39, 0.29) is 0 Å². The molecule has 1 aromatic heterocycles. The molecule has 0 spiro atoms. The Morgan fingerprint density at radius 1 is 1.00 bits per heavy atom. The van der Waals surface area contributed by atoms with Gasteiger partial charge in [0.25, 0.3) is 0 Å². The Morgan fingerprint density at radius 3 is 2.34 bits per heavy atom. The van der Waals surface area contributed by atoms with Gasteiger partial charge in [-0.25, -0.2) is 4.68 Å². The number of nitrogens with zero attached hydrogens (tertiary/aromatic N) is 4. The second kappa shape index (κ2) is 9.06. The Balaban J connectivity index is 1.70. The number of hydrogen-bond acceptors (Lipinski definition) is 3. The summed E-state index contributed by atoms with van der Waals surface area (Å²) in [6, 6.07) is 13.7. The molecule has 3 aromatic rings. The number of aliphatic imine (C=N–C) groups is 1. The van der Waals surface area contributed by atoms with E-state index in [4.69, 9.17) is 44.9 Å². The van der Waals surface area contributed by atoms with Crippen molar-refractivity contribution in [2.24, 2.45) is 4.99 Å². The molecule has 1 saturated heterocycles. The highest BCUT2D eigenvalue weighted by Gasteiger charge is 2.29. The third-order valence-corrected chi connectivity index (χ3v) is 6.65. The molecule has 2 aliphatic rings. The fourth-order valence-electron chi connectivity index (χ4n) is 4.03. The predicted molar refractivity (Wildman–Crippen MR) is 133 cm³/mol. The first-order chi connectivity index (χ1) is 15.5. The van der Waals surface area contributed by atoms with E-state index in [1.807, 2.05) is 41.1 Å². The van der Waals surface area contributed by atoms with Gasteiger partial charge in [0.1, 0.15) is 5.69 Å². The lowest BCUT2D eigenvalue weighted by molar-refractivity contribution is 0.356. The van der Waals surface area contributed by atoms with Gasteiger partial charge >= 0.3 is 0 Å². The van der Waals surface area contributed by atoms with E-state index in [0.717, 1.165) is 73.1 Å². The van der Waals surface area contributed by atoms with E-state index < -0.39 is 0 Å². The topological polar surface area (TPSA) is 45.4 Å². The molecule has 1 aliphatic carbocycles. The molecule has 0 atom stereocenters. The molecule has 5 nitrogen and oxygen atoms in total. The second-order valence-electron chi connectivity index (χ2n) is 8.26. The minimum Gasteiger partial charge on any atom is -0.352 e. The summed E-state index contributed by atoms with van der Waals surface area (Å²) in [4.78, 5) is 7.45. The summed E-state index contributed by atoms with van der Waals surface area (Å²) in [5.41, 5.74) is 4.73. The summed E-state index contributed by atoms with van der Waals surface area (Å²) in [6.07, 6.45) is 2.28. The number of halogens is 3. The lowest BCUT2D eigenvalue weighted by atomic mass is 10.1. The number of piperazine rings is 1. The smallest absolute Gasteiger partial charge is 0.152 e. The molecular formula is C24H24Cl3N5. The minimum atomic E-state index is 0.391. The number of aromatic nitrogens is 2. The van der Waals surface area contributed by atoms with Crippen LogP contribution in [0.15, 0.2) is 47.5 Å². The van der Waals surface area contributed by atoms with Crippen LogP contribution in [-0.4, -0.2) is 52.7 Å². The summed E-state index contributed by atoms with van der Waals surface area (Å²) in [5, 5.41) is 10.3. The fourth-order valence-corrected chi connectivity index (χ4v) is 4.64. The van der Waals surface area contributed by atoms with E-state index in [1.165, 1.54) is 0 Å². The lowest BCUT2D eigenvalue weighted by Gasteiger charge is -2.30. The van der Waals surface area contributed by atoms with Gasteiger partial charge in [0.2, 0.25) is 0 Å². The van der Waals surface area contributed by atoms with Crippen LogP contribution < -0.4 is 5.32 Å². The standard InChI is InChI=1S/C24H24Cl3N5/c1-15-22(24(29-19-7-8-19)31-12-10-28-11-13-31)30-32(21-9-6-18(26)14-20(21)27)23(15)16-2-4-17(25)5-3-16/h2-6,9,14,19,28H,7-8,10-13H2,1H3. The summed E-state index contributed by atoms with van der Waals surface area (Å²) in [7, 11) is 0. The van der Waals surface area contributed by atoms with Gasteiger partial charge in [-0.1, -0.05) is 46.9 Å². The van der Waals surface area contributed by atoms with E-state index in [9.17, 15) is 0 Å². The van der Waals surface area contributed by atoms with E-state index in [1.54, 1.807) is 6.07 Å². The zero-order valence-electron chi connectivity index (χ0n) is 17.8. The maximum Gasteiger partial charge on any atom is 0.152 e. The summed E-state index contributed by atoms with van der Waals surface area (Å²) in [5.74, 6) is 0.977. The molecule has 1 aliphatic heterocycles. The third kappa shape index (κ3) is 4.40. The molecule has 2 fully saturated rings. The highest BCUT2D eigenvalue weighted by Crippen LogP contribution is 2.34. The molecule has 0 unspecified atom stereocenters. The second-order valence-corrected chi connectivity index (χ2v) is 9.54. The molecule has 0 amide bonds. The highest BCUT2D eigenvalue weighted by molar-refractivity contribution is 6.35. The van der Waals surface area contributed by atoms with Crippen molar-refractivity contribution in [2.75, 3.05) is 26.2 Å². The van der Waals surface area contributed by atoms with Crippen LogP contribution in [-0.2, 0) is 0 Å². The fraction of sp³-hybridized carbons (Fsp3) is 0.333. The molecule has 1 N–H and O–H groups in total. The average molecular weight is 489 g/mol.